The maximum absolute atomic E-state index is 6.03. The van der Waals surface area contributed by atoms with Crippen LogP contribution >= 0.6 is 0 Å². The van der Waals surface area contributed by atoms with E-state index in [1.165, 1.54) is 5.57 Å². The molecule has 2 saturated heterocycles. The molecule has 2 aliphatic rings. The van der Waals surface area contributed by atoms with Crippen molar-refractivity contribution in [3.05, 3.63) is 11.6 Å². The highest BCUT2D eigenvalue weighted by molar-refractivity contribution is 4.97. The maximum atomic E-state index is 6.03. The molecule has 0 bridgehead atoms. The van der Waals surface area contributed by atoms with E-state index in [4.69, 9.17) is 9.47 Å². The molecule has 0 aromatic heterocycles. The Morgan fingerprint density at radius 1 is 1.29 bits per heavy atom. The molecule has 0 amide bonds. The number of ether oxygens (including phenoxy) is 2. The number of hydrogen-bond acceptors (Lipinski definition) is 3. The summed E-state index contributed by atoms with van der Waals surface area (Å²) in [6.45, 7) is 7.89. The molecule has 0 aromatic rings. The van der Waals surface area contributed by atoms with E-state index >= 15 is 0 Å². The van der Waals surface area contributed by atoms with Crippen LogP contribution in [0.25, 0.3) is 0 Å². The summed E-state index contributed by atoms with van der Waals surface area (Å²) in [6.07, 6.45) is 6.67. The van der Waals surface area contributed by atoms with Crippen LogP contribution in [0.5, 0.6) is 0 Å². The van der Waals surface area contributed by atoms with Gasteiger partial charge in [-0.3, -0.25) is 0 Å². The van der Waals surface area contributed by atoms with Gasteiger partial charge in [0.05, 0.1) is 5.60 Å². The highest BCUT2D eigenvalue weighted by atomic mass is 16.5. The van der Waals surface area contributed by atoms with E-state index in [-0.39, 0.29) is 5.60 Å². The van der Waals surface area contributed by atoms with Gasteiger partial charge in [0.1, 0.15) is 0 Å². The van der Waals surface area contributed by atoms with Gasteiger partial charge in [-0.1, -0.05) is 11.6 Å². The highest BCUT2D eigenvalue weighted by Gasteiger charge is 2.38. The third-order valence-electron chi connectivity index (χ3n) is 3.81. The average molecular weight is 239 g/mol. The molecular weight excluding hydrogens is 214 g/mol. The fourth-order valence-corrected chi connectivity index (χ4v) is 2.72. The summed E-state index contributed by atoms with van der Waals surface area (Å²) in [5, 5.41) is 3.63. The minimum atomic E-state index is 0.110. The largest absolute Gasteiger partial charge is 0.381 e. The van der Waals surface area contributed by atoms with Crippen molar-refractivity contribution < 1.29 is 9.47 Å². The Kier molecular flexibility index (Phi) is 4.60. The van der Waals surface area contributed by atoms with Crippen molar-refractivity contribution in [1.29, 1.82) is 0 Å². The highest BCUT2D eigenvalue weighted by Crippen LogP contribution is 2.34. The molecule has 0 radical (unpaired) electrons. The van der Waals surface area contributed by atoms with Gasteiger partial charge in [-0.15, -0.1) is 0 Å². The van der Waals surface area contributed by atoms with E-state index in [2.05, 4.69) is 25.2 Å². The normalized spacial score (nSPS) is 28.0. The first-order valence-electron chi connectivity index (χ1n) is 6.79. The van der Waals surface area contributed by atoms with Crippen LogP contribution in [0.1, 0.15) is 39.5 Å². The predicted octanol–water partition coefficient (Wildman–Crippen LogP) is 2.27. The molecule has 1 atom stereocenters. The van der Waals surface area contributed by atoms with Crippen LogP contribution < -0.4 is 5.32 Å². The lowest BCUT2D eigenvalue weighted by Crippen LogP contribution is -2.49. The molecule has 2 fully saturated rings. The topological polar surface area (TPSA) is 30.5 Å². The summed E-state index contributed by atoms with van der Waals surface area (Å²) in [7, 11) is 0. The van der Waals surface area contributed by atoms with Crippen molar-refractivity contribution in [1.82, 2.24) is 5.32 Å². The molecule has 2 rings (SSSR count). The van der Waals surface area contributed by atoms with Gasteiger partial charge >= 0.3 is 0 Å². The van der Waals surface area contributed by atoms with Crippen molar-refractivity contribution in [2.24, 2.45) is 0 Å². The number of hydrogen-bond donors (Lipinski definition) is 1. The predicted molar refractivity (Wildman–Crippen MR) is 69.2 cm³/mol. The molecule has 3 nitrogen and oxygen atoms in total. The molecule has 2 heterocycles. The van der Waals surface area contributed by atoms with Gasteiger partial charge in [0.2, 0.25) is 0 Å². The van der Waals surface area contributed by atoms with Crippen LogP contribution in [0.15, 0.2) is 11.6 Å². The molecule has 98 valence electrons. The molecule has 0 aliphatic carbocycles. The molecule has 1 spiro atoms. The van der Waals surface area contributed by atoms with Gasteiger partial charge in [-0.2, -0.15) is 0 Å². The Labute approximate surface area is 105 Å². The maximum Gasteiger partial charge on any atom is 0.0741 e. The summed E-state index contributed by atoms with van der Waals surface area (Å²) in [5.74, 6) is 0. The third-order valence-corrected chi connectivity index (χ3v) is 3.81. The number of allylic oxidation sites excluding steroid dienone is 1. The summed E-state index contributed by atoms with van der Waals surface area (Å²) < 4.78 is 11.5. The van der Waals surface area contributed by atoms with E-state index in [1.54, 1.807) is 0 Å². The first-order valence-corrected chi connectivity index (χ1v) is 6.79. The van der Waals surface area contributed by atoms with E-state index in [1.807, 2.05) is 0 Å². The molecule has 17 heavy (non-hydrogen) atoms. The minimum absolute atomic E-state index is 0.110. The quantitative estimate of drug-likeness (QED) is 0.766. The zero-order valence-electron chi connectivity index (χ0n) is 11.1. The van der Waals surface area contributed by atoms with Crippen molar-refractivity contribution >= 4 is 0 Å². The van der Waals surface area contributed by atoms with Crippen molar-refractivity contribution in [2.45, 2.75) is 51.2 Å². The van der Waals surface area contributed by atoms with Gasteiger partial charge in [0.25, 0.3) is 0 Å². The Bertz CT molecular complexity index is 260. The van der Waals surface area contributed by atoms with E-state index in [0.717, 1.165) is 52.0 Å². The first-order chi connectivity index (χ1) is 8.20. The van der Waals surface area contributed by atoms with Gasteiger partial charge in [0.15, 0.2) is 0 Å². The monoisotopic (exact) mass is 239 g/mol. The van der Waals surface area contributed by atoms with Crippen molar-refractivity contribution in [3.8, 4) is 0 Å². The lowest BCUT2D eigenvalue weighted by Gasteiger charge is -2.43. The van der Waals surface area contributed by atoms with Crippen LogP contribution in [0.4, 0.5) is 0 Å². The second-order valence-electron chi connectivity index (χ2n) is 5.52. The summed E-state index contributed by atoms with van der Waals surface area (Å²) in [4.78, 5) is 0. The minimum Gasteiger partial charge on any atom is -0.381 e. The molecule has 2 aliphatic heterocycles. The summed E-state index contributed by atoms with van der Waals surface area (Å²) >= 11 is 0. The summed E-state index contributed by atoms with van der Waals surface area (Å²) in [6, 6.07) is 0.609. The number of rotatable bonds is 3. The first kappa shape index (κ1) is 13.1. The van der Waals surface area contributed by atoms with E-state index in [0.29, 0.717) is 6.04 Å². The smallest absolute Gasteiger partial charge is 0.0741 e. The van der Waals surface area contributed by atoms with Crippen LogP contribution in [-0.2, 0) is 9.47 Å². The Morgan fingerprint density at radius 2 is 2.06 bits per heavy atom. The second kappa shape index (κ2) is 5.98. The van der Waals surface area contributed by atoms with E-state index in [9.17, 15) is 0 Å². The van der Waals surface area contributed by atoms with E-state index < -0.39 is 0 Å². The van der Waals surface area contributed by atoms with Gasteiger partial charge < -0.3 is 14.8 Å². The fourth-order valence-electron chi connectivity index (χ4n) is 2.72. The molecule has 1 unspecified atom stereocenters. The molecule has 0 aromatic carbocycles. The Hall–Kier alpha value is -0.380. The number of nitrogens with one attached hydrogen (secondary N) is 1. The fraction of sp³-hybridized carbons (Fsp3) is 0.857. The molecular formula is C14H25NO2. The lowest BCUT2D eigenvalue weighted by molar-refractivity contribution is -0.140. The Balaban J connectivity index is 1.82. The van der Waals surface area contributed by atoms with Crippen LogP contribution in [-0.4, -0.2) is 38.0 Å². The standard InChI is InChI=1S/C14H25NO2/c1-12(2)3-7-15-13-4-8-17-14(11-13)5-9-16-10-6-14/h3,13,15H,4-11H2,1-2H3. The zero-order valence-corrected chi connectivity index (χ0v) is 11.1. The van der Waals surface area contributed by atoms with Crippen LogP contribution in [0.3, 0.4) is 0 Å². The van der Waals surface area contributed by atoms with Gasteiger partial charge in [-0.05, 0) is 39.5 Å². The van der Waals surface area contributed by atoms with Crippen LogP contribution in [0.2, 0.25) is 0 Å². The SMILES string of the molecule is CC(C)=CCNC1CCOC2(CCOCC2)C1. The molecule has 0 saturated carbocycles. The molecule has 3 heteroatoms. The van der Waals surface area contributed by atoms with Gasteiger partial charge in [-0.25, -0.2) is 0 Å². The third kappa shape index (κ3) is 3.80. The molecule has 1 N–H and O–H groups in total. The van der Waals surface area contributed by atoms with Crippen molar-refractivity contribution in [3.63, 3.8) is 0 Å². The Morgan fingerprint density at radius 3 is 2.76 bits per heavy atom. The summed E-state index contributed by atoms with van der Waals surface area (Å²) in [5.41, 5.74) is 1.49. The van der Waals surface area contributed by atoms with Gasteiger partial charge in [0, 0.05) is 32.4 Å². The average Bonchev–Trinajstić information content (AvgIpc) is 2.29. The van der Waals surface area contributed by atoms with Crippen molar-refractivity contribution in [2.75, 3.05) is 26.4 Å². The second-order valence-corrected chi connectivity index (χ2v) is 5.52. The van der Waals surface area contributed by atoms with Crippen LogP contribution in [0, 0.1) is 0 Å². The lowest BCUT2D eigenvalue weighted by atomic mass is 9.84. The zero-order chi connectivity index (χ0) is 12.1.